The van der Waals surface area contributed by atoms with Crippen molar-refractivity contribution >= 4 is 5.91 Å². The molecule has 0 saturated carbocycles. The Morgan fingerprint density at radius 2 is 1.83 bits per heavy atom. The van der Waals surface area contributed by atoms with Crippen molar-refractivity contribution in [3.05, 3.63) is 35.9 Å². The molecule has 3 heteroatoms. The predicted molar refractivity (Wildman–Crippen MR) is 96.4 cm³/mol. The van der Waals surface area contributed by atoms with Crippen molar-refractivity contribution < 1.29 is 4.79 Å². The lowest BCUT2D eigenvalue weighted by Crippen LogP contribution is -2.35. The summed E-state index contributed by atoms with van der Waals surface area (Å²) in [5.41, 5.74) is 1.31. The van der Waals surface area contributed by atoms with Gasteiger partial charge in [0, 0.05) is 18.9 Å². The van der Waals surface area contributed by atoms with Crippen LogP contribution in [0.2, 0.25) is 0 Å². The lowest BCUT2D eigenvalue weighted by molar-refractivity contribution is -0.122. The number of carbonyl (C=O) groups excluding carboxylic acids is 1. The first kappa shape index (κ1) is 18.0. The lowest BCUT2D eigenvalue weighted by atomic mass is 9.84. The molecule has 0 radical (unpaired) electrons. The second-order valence-electron chi connectivity index (χ2n) is 7.33. The monoisotopic (exact) mass is 316 g/mol. The van der Waals surface area contributed by atoms with Gasteiger partial charge in [-0.2, -0.15) is 0 Å². The molecule has 1 heterocycles. The number of amides is 1. The number of hydrogen-bond donors (Lipinski definition) is 2. The van der Waals surface area contributed by atoms with Crippen LogP contribution in [0.15, 0.2) is 30.3 Å². The van der Waals surface area contributed by atoms with E-state index >= 15 is 0 Å². The summed E-state index contributed by atoms with van der Waals surface area (Å²) in [6, 6.07) is 10.5. The quantitative estimate of drug-likeness (QED) is 0.807. The van der Waals surface area contributed by atoms with Gasteiger partial charge in [-0.15, -0.1) is 0 Å². The van der Waals surface area contributed by atoms with Crippen molar-refractivity contribution in [1.82, 2.24) is 10.6 Å². The van der Waals surface area contributed by atoms with Gasteiger partial charge in [-0.3, -0.25) is 4.79 Å². The molecule has 0 spiro atoms. The number of carbonyl (C=O) groups is 1. The first-order valence-corrected chi connectivity index (χ1v) is 9.10. The zero-order valence-corrected chi connectivity index (χ0v) is 14.8. The van der Waals surface area contributed by atoms with Crippen molar-refractivity contribution in [2.24, 2.45) is 17.8 Å². The Morgan fingerprint density at radius 1 is 1.17 bits per heavy atom. The summed E-state index contributed by atoms with van der Waals surface area (Å²) >= 11 is 0. The van der Waals surface area contributed by atoms with E-state index < -0.39 is 0 Å². The zero-order valence-electron chi connectivity index (χ0n) is 14.8. The van der Waals surface area contributed by atoms with Crippen LogP contribution < -0.4 is 10.6 Å². The molecule has 1 fully saturated rings. The van der Waals surface area contributed by atoms with Gasteiger partial charge in [0.1, 0.15) is 0 Å². The van der Waals surface area contributed by atoms with Crippen LogP contribution in [-0.2, 0) is 4.79 Å². The van der Waals surface area contributed by atoms with E-state index in [2.05, 4.69) is 55.7 Å². The highest BCUT2D eigenvalue weighted by Gasteiger charge is 2.23. The average Bonchev–Trinajstić information content (AvgIpc) is 2.56. The topological polar surface area (TPSA) is 41.1 Å². The Bertz CT molecular complexity index is 466. The van der Waals surface area contributed by atoms with Crippen molar-refractivity contribution in [2.45, 2.75) is 46.0 Å². The standard InChI is InChI=1S/C20H32N2O/c1-15(2)19(18-7-5-4-6-8-18)14-22-20(23)13-16(3)17-9-11-21-12-10-17/h4-8,15-17,19,21H,9-14H2,1-3H3,(H,22,23). The van der Waals surface area contributed by atoms with Gasteiger partial charge in [0.05, 0.1) is 0 Å². The molecule has 23 heavy (non-hydrogen) atoms. The lowest BCUT2D eigenvalue weighted by Gasteiger charge is -2.28. The number of piperidine rings is 1. The maximum absolute atomic E-state index is 12.3. The molecular formula is C20H32N2O. The molecule has 1 aromatic rings. The molecule has 1 aromatic carbocycles. The summed E-state index contributed by atoms with van der Waals surface area (Å²) in [5, 5.41) is 6.57. The minimum absolute atomic E-state index is 0.206. The van der Waals surface area contributed by atoms with E-state index in [1.54, 1.807) is 0 Å². The first-order valence-electron chi connectivity index (χ1n) is 9.10. The highest BCUT2D eigenvalue weighted by atomic mass is 16.1. The predicted octanol–water partition coefficient (Wildman–Crippen LogP) is 3.57. The maximum atomic E-state index is 12.3. The van der Waals surface area contributed by atoms with Crippen LogP contribution in [0, 0.1) is 17.8 Å². The van der Waals surface area contributed by atoms with E-state index in [1.165, 1.54) is 18.4 Å². The Kier molecular flexibility index (Phi) is 7.10. The highest BCUT2D eigenvalue weighted by molar-refractivity contribution is 5.76. The summed E-state index contributed by atoms with van der Waals surface area (Å²) in [5.74, 6) is 2.27. The van der Waals surface area contributed by atoms with Gasteiger partial charge in [-0.05, 0) is 49.2 Å². The van der Waals surface area contributed by atoms with Gasteiger partial charge in [-0.1, -0.05) is 51.1 Å². The average molecular weight is 316 g/mol. The fourth-order valence-corrected chi connectivity index (χ4v) is 3.61. The Morgan fingerprint density at radius 3 is 2.43 bits per heavy atom. The maximum Gasteiger partial charge on any atom is 0.220 e. The molecule has 0 aliphatic carbocycles. The van der Waals surface area contributed by atoms with Crippen LogP contribution in [0.25, 0.3) is 0 Å². The molecule has 2 unspecified atom stereocenters. The second-order valence-corrected chi connectivity index (χ2v) is 7.33. The van der Waals surface area contributed by atoms with E-state index in [0.29, 0.717) is 30.1 Å². The van der Waals surface area contributed by atoms with Gasteiger partial charge >= 0.3 is 0 Å². The molecule has 2 N–H and O–H groups in total. The van der Waals surface area contributed by atoms with Gasteiger partial charge < -0.3 is 10.6 Å². The van der Waals surface area contributed by atoms with Crippen LogP contribution >= 0.6 is 0 Å². The highest BCUT2D eigenvalue weighted by Crippen LogP contribution is 2.25. The normalized spacial score (nSPS) is 18.6. The molecule has 2 atom stereocenters. The third-order valence-electron chi connectivity index (χ3n) is 5.25. The summed E-state index contributed by atoms with van der Waals surface area (Å²) in [6.07, 6.45) is 3.06. The fraction of sp³-hybridized carbons (Fsp3) is 0.650. The van der Waals surface area contributed by atoms with Crippen LogP contribution in [-0.4, -0.2) is 25.5 Å². The van der Waals surface area contributed by atoms with E-state index in [9.17, 15) is 4.79 Å². The van der Waals surface area contributed by atoms with Gasteiger partial charge in [0.25, 0.3) is 0 Å². The van der Waals surface area contributed by atoms with Crippen molar-refractivity contribution in [2.75, 3.05) is 19.6 Å². The van der Waals surface area contributed by atoms with Crippen LogP contribution in [0.5, 0.6) is 0 Å². The van der Waals surface area contributed by atoms with Crippen molar-refractivity contribution in [3.63, 3.8) is 0 Å². The molecule has 0 bridgehead atoms. The van der Waals surface area contributed by atoms with Gasteiger partial charge in [0.2, 0.25) is 5.91 Å². The Balaban J connectivity index is 1.82. The molecule has 3 nitrogen and oxygen atoms in total. The van der Waals surface area contributed by atoms with E-state index in [1.807, 2.05) is 6.07 Å². The molecule has 1 amide bonds. The minimum Gasteiger partial charge on any atom is -0.355 e. The summed E-state index contributed by atoms with van der Waals surface area (Å²) in [7, 11) is 0. The molecule has 0 aromatic heterocycles. The van der Waals surface area contributed by atoms with E-state index in [-0.39, 0.29) is 5.91 Å². The number of rotatable bonds is 7. The molecule has 1 aliphatic heterocycles. The third kappa shape index (κ3) is 5.65. The molecular weight excluding hydrogens is 284 g/mol. The number of benzene rings is 1. The van der Waals surface area contributed by atoms with Crippen LogP contribution in [0.1, 0.15) is 51.5 Å². The first-order chi connectivity index (χ1) is 11.1. The fourth-order valence-electron chi connectivity index (χ4n) is 3.61. The summed E-state index contributed by atoms with van der Waals surface area (Å²) in [6.45, 7) is 9.61. The molecule has 2 rings (SSSR count). The van der Waals surface area contributed by atoms with Crippen molar-refractivity contribution in [3.8, 4) is 0 Å². The SMILES string of the molecule is CC(C)C(CNC(=O)CC(C)C1CCNCC1)c1ccccc1. The Hall–Kier alpha value is -1.35. The zero-order chi connectivity index (χ0) is 16.7. The molecule has 128 valence electrons. The second kappa shape index (κ2) is 9.07. The van der Waals surface area contributed by atoms with Gasteiger partial charge in [0.15, 0.2) is 0 Å². The largest absolute Gasteiger partial charge is 0.355 e. The van der Waals surface area contributed by atoms with Crippen LogP contribution in [0.3, 0.4) is 0 Å². The third-order valence-corrected chi connectivity index (χ3v) is 5.25. The molecule has 1 saturated heterocycles. The summed E-state index contributed by atoms with van der Waals surface area (Å²) < 4.78 is 0. The van der Waals surface area contributed by atoms with E-state index in [0.717, 1.165) is 19.6 Å². The van der Waals surface area contributed by atoms with E-state index in [4.69, 9.17) is 0 Å². The number of hydrogen-bond acceptors (Lipinski definition) is 2. The molecule has 1 aliphatic rings. The van der Waals surface area contributed by atoms with Crippen molar-refractivity contribution in [1.29, 1.82) is 0 Å². The van der Waals surface area contributed by atoms with Gasteiger partial charge in [-0.25, -0.2) is 0 Å². The van der Waals surface area contributed by atoms with Crippen LogP contribution in [0.4, 0.5) is 0 Å². The number of nitrogens with one attached hydrogen (secondary N) is 2. The summed E-state index contributed by atoms with van der Waals surface area (Å²) in [4.78, 5) is 12.3. The minimum atomic E-state index is 0.206. The Labute approximate surface area is 141 Å². The smallest absolute Gasteiger partial charge is 0.220 e.